The maximum absolute atomic E-state index is 12.5. The molecule has 1 aromatic rings. The molecule has 0 N–H and O–H groups in total. The largest absolute Gasteiger partial charge is 0.492 e. The number of aryl methyl sites for hydroxylation is 1. The monoisotopic (exact) mass is 397 g/mol. The van der Waals surface area contributed by atoms with Crippen LogP contribution in [-0.2, 0) is 11.2 Å². The fraction of sp³-hybridized carbons (Fsp3) is 0.731. The molecular weight excluding hydrogens is 358 g/mol. The van der Waals surface area contributed by atoms with Crippen LogP contribution in [0.2, 0.25) is 0 Å². The number of nitrogens with zero attached hydrogens (tertiary/aromatic N) is 1. The summed E-state index contributed by atoms with van der Waals surface area (Å²) in [6.45, 7) is 13.0. The predicted molar refractivity (Wildman–Crippen MR) is 119 cm³/mol. The molecule has 3 aliphatic carbocycles. The Morgan fingerprint density at radius 2 is 1.86 bits per heavy atom. The summed E-state index contributed by atoms with van der Waals surface area (Å²) in [6.07, 6.45) is 6.56. The Morgan fingerprint density at radius 3 is 2.59 bits per heavy atom. The van der Waals surface area contributed by atoms with Crippen LogP contribution in [0, 0.1) is 17.3 Å². The summed E-state index contributed by atoms with van der Waals surface area (Å²) in [5.74, 6) is 3.51. The van der Waals surface area contributed by atoms with Gasteiger partial charge in [-0.25, -0.2) is 0 Å². The van der Waals surface area contributed by atoms with Crippen molar-refractivity contribution < 1.29 is 9.53 Å². The smallest absolute Gasteiger partial charge is 0.139 e. The van der Waals surface area contributed by atoms with Crippen molar-refractivity contribution in [2.75, 3.05) is 13.2 Å². The van der Waals surface area contributed by atoms with E-state index in [0.717, 1.165) is 44.6 Å². The molecule has 0 radical (unpaired) electrons. The van der Waals surface area contributed by atoms with E-state index in [9.17, 15) is 4.79 Å². The molecule has 0 heterocycles. The first kappa shape index (κ1) is 20.9. The number of rotatable bonds is 6. The van der Waals surface area contributed by atoms with Gasteiger partial charge in [0.2, 0.25) is 0 Å². The maximum Gasteiger partial charge on any atom is 0.139 e. The van der Waals surface area contributed by atoms with Crippen molar-refractivity contribution in [1.29, 1.82) is 0 Å². The lowest BCUT2D eigenvalue weighted by molar-refractivity contribution is -0.129. The van der Waals surface area contributed by atoms with Gasteiger partial charge in [0, 0.05) is 30.5 Å². The third kappa shape index (κ3) is 3.76. The molecule has 0 aromatic heterocycles. The molecule has 4 atom stereocenters. The Bertz CT molecular complexity index is 747. The number of benzene rings is 1. The molecule has 29 heavy (non-hydrogen) atoms. The SMILES string of the molecule is CC(C)N(CCOc1ccc2c(c1)CCC1C2CC[C@]2(C)C(=O)CCC12)C(C)C. The zero-order valence-electron chi connectivity index (χ0n) is 19.0. The van der Waals surface area contributed by atoms with Gasteiger partial charge in [-0.3, -0.25) is 9.69 Å². The van der Waals surface area contributed by atoms with Crippen molar-refractivity contribution in [3.8, 4) is 5.75 Å². The van der Waals surface area contributed by atoms with Gasteiger partial charge in [0.1, 0.15) is 18.1 Å². The van der Waals surface area contributed by atoms with Crippen molar-refractivity contribution >= 4 is 5.78 Å². The average molecular weight is 398 g/mol. The maximum atomic E-state index is 12.5. The van der Waals surface area contributed by atoms with Crippen molar-refractivity contribution in [2.45, 2.75) is 91.1 Å². The number of Topliss-reactive ketones (excluding diaryl/α,β-unsaturated/α-hetero) is 1. The molecular formula is C26H39NO2. The van der Waals surface area contributed by atoms with Gasteiger partial charge in [0.15, 0.2) is 0 Å². The summed E-state index contributed by atoms with van der Waals surface area (Å²) in [7, 11) is 0. The standard InChI is InChI=1S/C26H39NO2/c1-17(2)27(18(3)4)14-15-29-20-7-9-21-19(16-20)6-8-23-22(21)12-13-26(5)24(23)10-11-25(26)28/h7,9,16-18,22-24H,6,8,10-15H2,1-5H3/t22?,23?,24?,26-/m0/s1. The molecule has 160 valence electrons. The van der Waals surface area contributed by atoms with Gasteiger partial charge in [0.05, 0.1) is 0 Å². The second-order valence-electron chi connectivity index (χ2n) is 10.5. The third-order valence-electron chi connectivity index (χ3n) is 8.35. The molecule has 3 heteroatoms. The molecule has 3 unspecified atom stereocenters. The van der Waals surface area contributed by atoms with Crippen LogP contribution in [-0.4, -0.2) is 35.9 Å². The number of ketones is 1. The van der Waals surface area contributed by atoms with Gasteiger partial charge < -0.3 is 4.74 Å². The van der Waals surface area contributed by atoms with Crippen LogP contribution in [0.5, 0.6) is 5.75 Å². The fourth-order valence-electron chi connectivity index (χ4n) is 6.80. The second-order valence-corrected chi connectivity index (χ2v) is 10.5. The fourth-order valence-corrected chi connectivity index (χ4v) is 6.80. The Labute approximate surface area is 177 Å². The Hall–Kier alpha value is -1.35. The minimum atomic E-state index is -0.0274. The lowest BCUT2D eigenvalue weighted by Crippen LogP contribution is -2.42. The number of hydrogen-bond acceptors (Lipinski definition) is 3. The van der Waals surface area contributed by atoms with E-state index in [1.807, 2.05) is 0 Å². The first-order valence-corrected chi connectivity index (χ1v) is 11.9. The lowest BCUT2D eigenvalue weighted by atomic mass is 9.55. The van der Waals surface area contributed by atoms with Crippen LogP contribution in [0.4, 0.5) is 0 Å². The van der Waals surface area contributed by atoms with Crippen molar-refractivity contribution in [2.24, 2.45) is 17.3 Å². The number of carbonyl (C=O) groups excluding carboxylic acids is 1. The second kappa shape index (κ2) is 8.06. The zero-order chi connectivity index (χ0) is 20.8. The highest BCUT2D eigenvalue weighted by Gasteiger charge is 2.54. The van der Waals surface area contributed by atoms with Gasteiger partial charge in [-0.05, 0) is 101 Å². The number of ether oxygens (including phenoxy) is 1. The third-order valence-corrected chi connectivity index (χ3v) is 8.35. The van der Waals surface area contributed by atoms with Crippen LogP contribution in [0.3, 0.4) is 0 Å². The summed E-state index contributed by atoms with van der Waals surface area (Å²) in [5.41, 5.74) is 3.00. The molecule has 0 saturated heterocycles. The summed E-state index contributed by atoms with van der Waals surface area (Å²) >= 11 is 0. The van der Waals surface area contributed by atoms with Gasteiger partial charge in [0.25, 0.3) is 0 Å². The number of carbonyl (C=O) groups is 1. The highest BCUT2D eigenvalue weighted by molar-refractivity contribution is 5.87. The van der Waals surface area contributed by atoms with Gasteiger partial charge in [-0.2, -0.15) is 0 Å². The topological polar surface area (TPSA) is 29.5 Å². The van der Waals surface area contributed by atoms with Crippen LogP contribution in [0.15, 0.2) is 18.2 Å². The Kier molecular flexibility index (Phi) is 5.81. The van der Waals surface area contributed by atoms with Crippen molar-refractivity contribution in [1.82, 2.24) is 4.90 Å². The van der Waals surface area contributed by atoms with E-state index in [1.165, 1.54) is 18.4 Å². The highest BCUT2D eigenvalue weighted by atomic mass is 16.5. The van der Waals surface area contributed by atoms with E-state index in [-0.39, 0.29) is 5.41 Å². The highest BCUT2D eigenvalue weighted by Crippen LogP contribution is 2.59. The van der Waals surface area contributed by atoms with E-state index >= 15 is 0 Å². The molecule has 2 saturated carbocycles. The van der Waals surface area contributed by atoms with Gasteiger partial charge >= 0.3 is 0 Å². The Balaban J connectivity index is 1.43. The summed E-state index contributed by atoms with van der Waals surface area (Å²) in [5, 5.41) is 0. The molecule has 4 rings (SSSR count). The molecule has 0 bridgehead atoms. The van der Waals surface area contributed by atoms with E-state index in [0.29, 0.717) is 35.6 Å². The number of fused-ring (bicyclic) bond motifs is 5. The number of hydrogen-bond donors (Lipinski definition) is 0. The van der Waals surface area contributed by atoms with E-state index < -0.39 is 0 Å². The first-order chi connectivity index (χ1) is 13.8. The first-order valence-electron chi connectivity index (χ1n) is 11.9. The Morgan fingerprint density at radius 1 is 1.10 bits per heavy atom. The summed E-state index contributed by atoms with van der Waals surface area (Å²) in [4.78, 5) is 15.0. The van der Waals surface area contributed by atoms with Crippen LogP contribution in [0.1, 0.15) is 83.8 Å². The summed E-state index contributed by atoms with van der Waals surface area (Å²) < 4.78 is 6.15. The minimum Gasteiger partial charge on any atom is -0.492 e. The van der Waals surface area contributed by atoms with Gasteiger partial charge in [-0.1, -0.05) is 13.0 Å². The quantitative estimate of drug-likeness (QED) is 0.625. The van der Waals surface area contributed by atoms with E-state index in [4.69, 9.17) is 4.74 Å². The van der Waals surface area contributed by atoms with Crippen LogP contribution < -0.4 is 4.74 Å². The molecule has 0 spiro atoms. The average Bonchev–Trinajstić information content (AvgIpc) is 2.99. The van der Waals surface area contributed by atoms with Crippen LogP contribution in [0.25, 0.3) is 0 Å². The molecule has 3 aliphatic rings. The normalized spacial score (nSPS) is 31.2. The minimum absolute atomic E-state index is 0.0274. The van der Waals surface area contributed by atoms with Gasteiger partial charge in [-0.15, -0.1) is 0 Å². The zero-order valence-corrected chi connectivity index (χ0v) is 19.0. The molecule has 0 aliphatic heterocycles. The molecule has 1 aromatic carbocycles. The molecule has 0 amide bonds. The molecule has 2 fully saturated rings. The van der Waals surface area contributed by atoms with E-state index in [1.54, 1.807) is 5.56 Å². The summed E-state index contributed by atoms with van der Waals surface area (Å²) in [6, 6.07) is 7.90. The molecule has 3 nitrogen and oxygen atoms in total. The van der Waals surface area contributed by atoms with E-state index in [2.05, 4.69) is 57.7 Å². The van der Waals surface area contributed by atoms with Crippen molar-refractivity contribution in [3.05, 3.63) is 29.3 Å². The van der Waals surface area contributed by atoms with Crippen LogP contribution >= 0.6 is 0 Å². The van der Waals surface area contributed by atoms with Crippen molar-refractivity contribution in [3.63, 3.8) is 0 Å². The lowest BCUT2D eigenvalue weighted by Gasteiger charge is -2.48. The predicted octanol–water partition coefficient (Wildman–Crippen LogP) is 5.61.